The van der Waals surface area contributed by atoms with Crippen LogP contribution in [0.25, 0.3) is 0 Å². The van der Waals surface area contributed by atoms with Gasteiger partial charge in [0.1, 0.15) is 6.04 Å². The number of rotatable bonds is 10. The van der Waals surface area contributed by atoms with Crippen LogP contribution < -0.4 is 5.32 Å². The number of benzene rings is 3. The van der Waals surface area contributed by atoms with Gasteiger partial charge in [0.15, 0.2) is 0 Å². The summed E-state index contributed by atoms with van der Waals surface area (Å²) in [5.74, 6) is 0.147. The molecule has 0 spiro atoms. The molecule has 0 aliphatic heterocycles. The lowest BCUT2D eigenvalue weighted by molar-refractivity contribution is -0.140. The molecule has 0 saturated heterocycles. The number of halogens is 1. The predicted molar refractivity (Wildman–Crippen MR) is 146 cm³/mol. The Morgan fingerprint density at radius 1 is 0.857 bits per heavy atom. The van der Waals surface area contributed by atoms with Gasteiger partial charge in [-0.25, -0.2) is 0 Å². The van der Waals surface area contributed by atoms with Crippen molar-refractivity contribution in [2.45, 2.75) is 53.1 Å². The molecule has 5 heteroatoms. The lowest BCUT2D eigenvalue weighted by atomic mass is 10.00. The average Bonchev–Trinajstić information content (AvgIpc) is 2.81. The Bertz CT molecular complexity index is 1110. The first kappa shape index (κ1) is 26.7. The van der Waals surface area contributed by atoms with Gasteiger partial charge >= 0.3 is 0 Å². The van der Waals surface area contributed by atoms with Crippen LogP contribution in [0.1, 0.15) is 41.7 Å². The van der Waals surface area contributed by atoms with E-state index in [-0.39, 0.29) is 18.2 Å². The third kappa shape index (κ3) is 8.36. The summed E-state index contributed by atoms with van der Waals surface area (Å²) in [6.45, 7) is 9.15. The summed E-state index contributed by atoms with van der Waals surface area (Å²) in [7, 11) is 0. The van der Waals surface area contributed by atoms with Gasteiger partial charge in [0.2, 0.25) is 11.8 Å². The van der Waals surface area contributed by atoms with Crippen molar-refractivity contribution in [3.05, 3.63) is 105 Å². The molecular formula is C30H35BrN2O2. The molecule has 0 bridgehead atoms. The van der Waals surface area contributed by atoms with E-state index in [4.69, 9.17) is 0 Å². The molecule has 3 aromatic rings. The molecule has 4 nitrogen and oxygen atoms in total. The van der Waals surface area contributed by atoms with Gasteiger partial charge in [-0.05, 0) is 48.6 Å². The predicted octanol–water partition coefficient (Wildman–Crippen LogP) is 6.02. The Morgan fingerprint density at radius 2 is 1.49 bits per heavy atom. The van der Waals surface area contributed by atoms with Crippen molar-refractivity contribution >= 4 is 27.7 Å². The maximum Gasteiger partial charge on any atom is 0.243 e. The normalized spacial score (nSPS) is 11.8. The van der Waals surface area contributed by atoms with E-state index in [1.165, 1.54) is 0 Å². The van der Waals surface area contributed by atoms with Gasteiger partial charge in [-0.3, -0.25) is 9.59 Å². The minimum atomic E-state index is -0.613. The zero-order valence-corrected chi connectivity index (χ0v) is 22.6. The van der Waals surface area contributed by atoms with Gasteiger partial charge in [0.25, 0.3) is 0 Å². The largest absolute Gasteiger partial charge is 0.354 e. The molecule has 0 heterocycles. The van der Waals surface area contributed by atoms with Gasteiger partial charge in [0, 0.05) is 24.0 Å². The Hall–Kier alpha value is -2.92. The van der Waals surface area contributed by atoms with Crippen LogP contribution in [-0.4, -0.2) is 29.3 Å². The molecule has 0 radical (unpaired) electrons. The van der Waals surface area contributed by atoms with Crippen LogP contribution in [-0.2, 0) is 29.0 Å². The molecule has 1 unspecified atom stereocenters. The molecule has 0 aromatic heterocycles. The summed E-state index contributed by atoms with van der Waals surface area (Å²) < 4.78 is 0.977. The zero-order valence-electron chi connectivity index (χ0n) is 21.1. The first-order chi connectivity index (χ1) is 16.7. The quantitative estimate of drug-likeness (QED) is 0.345. The number of aryl methyl sites for hydroxylation is 2. The van der Waals surface area contributed by atoms with Gasteiger partial charge in [-0.2, -0.15) is 0 Å². The summed E-state index contributed by atoms with van der Waals surface area (Å²) >= 11 is 3.48. The number of amides is 2. The third-order valence-electron chi connectivity index (χ3n) is 5.86. The monoisotopic (exact) mass is 534 g/mol. The Labute approximate surface area is 217 Å². The second kappa shape index (κ2) is 12.7. The highest BCUT2D eigenvalue weighted by Crippen LogP contribution is 2.19. The van der Waals surface area contributed by atoms with Crippen molar-refractivity contribution in [1.82, 2.24) is 10.2 Å². The summed E-state index contributed by atoms with van der Waals surface area (Å²) in [6.07, 6.45) is 0.710. The molecule has 1 atom stereocenters. The molecular weight excluding hydrogens is 500 g/mol. The molecule has 0 aliphatic rings. The molecule has 1 N–H and O–H groups in total. The lowest BCUT2D eigenvalue weighted by Gasteiger charge is -2.32. The van der Waals surface area contributed by atoms with E-state index < -0.39 is 6.04 Å². The van der Waals surface area contributed by atoms with E-state index >= 15 is 0 Å². The number of carbonyl (C=O) groups is 2. The lowest BCUT2D eigenvalue weighted by Crippen LogP contribution is -2.51. The fraction of sp³-hybridized carbons (Fsp3) is 0.333. The molecule has 35 heavy (non-hydrogen) atoms. The van der Waals surface area contributed by atoms with E-state index in [1.807, 2.05) is 80.6 Å². The first-order valence-electron chi connectivity index (χ1n) is 12.1. The number of nitrogens with one attached hydrogen (secondary N) is 1. The molecule has 184 valence electrons. The highest BCUT2D eigenvalue weighted by Gasteiger charge is 2.30. The van der Waals surface area contributed by atoms with Crippen LogP contribution in [0.2, 0.25) is 0 Å². The Balaban J connectivity index is 1.96. The van der Waals surface area contributed by atoms with Gasteiger partial charge in [0.05, 0.1) is 6.42 Å². The van der Waals surface area contributed by atoms with E-state index in [1.54, 1.807) is 4.90 Å². The summed E-state index contributed by atoms with van der Waals surface area (Å²) in [5.41, 5.74) is 5.23. The van der Waals surface area contributed by atoms with Gasteiger partial charge in [-0.15, -0.1) is 0 Å². The second-order valence-corrected chi connectivity index (χ2v) is 10.6. The first-order valence-corrected chi connectivity index (χ1v) is 12.9. The third-order valence-corrected chi connectivity index (χ3v) is 6.39. The minimum absolute atomic E-state index is 0.0569. The number of nitrogens with zero attached hydrogens (tertiary/aromatic N) is 1. The highest BCUT2D eigenvalue weighted by atomic mass is 79.9. The molecule has 3 aromatic carbocycles. The Morgan fingerprint density at radius 3 is 2.09 bits per heavy atom. The summed E-state index contributed by atoms with van der Waals surface area (Å²) in [6, 6.07) is 23.4. The van der Waals surface area contributed by atoms with Crippen LogP contribution in [0.3, 0.4) is 0 Å². The molecule has 3 rings (SSSR count). The zero-order chi connectivity index (χ0) is 25.4. The van der Waals surface area contributed by atoms with Crippen molar-refractivity contribution in [1.29, 1.82) is 0 Å². The topological polar surface area (TPSA) is 49.4 Å². The SMILES string of the molecule is Cc1cc(C)cc(CC(=O)N(Cc2ccc(Br)cc2)C(Cc2ccccc2)C(=O)NCC(C)C)c1. The van der Waals surface area contributed by atoms with Crippen molar-refractivity contribution in [2.24, 2.45) is 5.92 Å². The van der Waals surface area contributed by atoms with E-state index in [0.29, 0.717) is 25.4 Å². The summed E-state index contributed by atoms with van der Waals surface area (Å²) in [4.78, 5) is 29.1. The molecule has 2 amide bonds. The highest BCUT2D eigenvalue weighted by molar-refractivity contribution is 9.10. The van der Waals surface area contributed by atoms with E-state index in [0.717, 1.165) is 32.3 Å². The molecule has 0 saturated carbocycles. The van der Waals surface area contributed by atoms with Gasteiger partial charge in [-0.1, -0.05) is 102 Å². The number of hydrogen-bond donors (Lipinski definition) is 1. The van der Waals surface area contributed by atoms with Crippen LogP contribution in [0, 0.1) is 19.8 Å². The fourth-order valence-electron chi connectivity index (χ4n) is 4.21. The van der Waals surface area contributed by atoms with Crippen LogP contribution in [0.4, 0.5) is 0 Å². The maximum absolute atomic E-state index is 13.8. The van der Waals surface area contributed by atoms with E-state index in [9.17, 15) is 9.59 Å². The molecule has 0 fully saturated rings. The Kier molecular flexibility index (Phi) is 9.67. The maximum atomic E-state index is 13.8. The average molecular weight is 536 g/mol. The number of carbonyl (C=O) groups excluding carboxylic acids is 2. The standard InChI is InChI=1S/C30H35BrN2O2/c1-21(2)19-32-30(35)28(17-24-8-6-5-7-9-24)33(20-25-10-12-27(31)13-11-25)29(34)18-26-15-22(3)14-23(4)16-26/h5-16,21,28H,17-20H2,1-4H3,(H,32,35). The van der Waals surface area contributed by atoms with Crippen LogP contribution in [0.15, 0.2) is 77.3 Å². The summed E-state index contributed by atoms with van der Waals surface area (Å²) in [5, 5.41) is 3.07. The van der Waals surface area contributed by atoms with Crippen molar-refractivity contribution in [3.8, 4) is 0 Å². The number of hydrogen-bond acceptors (Lipinski definition) is 2. The fourth-order valence-corrected chi connectivity index (χ4v) is 4.47. The van der Waals surface area contributed by atoms with Crippen LogP contribution >= 0.6 is 15.9 Å². The van der Waals surface area contributed by atoms with Crippen molar-refractivity contribution in [2.75, 3.05) is 6.54 Å². The van der Waals surface area contributed by atoms with Crippen LogP contribution in [0.5, 0.6) is 0 Å². The molecule has 0 aliphatic carbocycles. The van der Waals surface area contributed by atoms with E-state index in [2.05, 4.69) is 41.2 Å². The second-order valence-electron chi connectivity index (χ2n) is 9.67. The van der Waals surface area contributed by atoms with Crippen molar-refractivity contribution in [3.63, 3.8) is 0 Å². The minimum Gasteiger partial charge on any atom is -0.354 e. The van der Waals surface area contributed by atoms with Gasteiger partial charge < -0.3 is 10.2 Å². The smallest absolute Gasteiger partial charge is 0.243 e. The van der Waals surface area contributed by atoms with Crippen molar-refractivity contribution < 1.29 is 9.59 Å².